The summed E-state index contributed by atoms with van der Waals surface area (Å²) in [4.78, 5) is 5.44. The Hall–Kier alpha value is -1.10. The zero-order valence-corrected chi connectivity index (χ0v) is 9.96. The Morgan fingerprint density at radius 3 is 2.59 bits per heavy atom. The van der Waals surface area contributed by atoms with Crippen molar-refractivity contribution in [1.29, 1.82) is 0 Å². The Labute approximate surface area is 101 Å². The van der Waals surface area contributed by atoms with Crippen LogP contribution in [0.25, 0.3) is 0 Å². The molecule has 2 unspecified atom stereocenters. The molecular weight excluding hydrogens is 218 g/mol. The third-order valence-electron chi connectivity index (χ3n) is 3.10. The van der Waals surface area contributed by atoms with Crippen LogP contribution in [-0.4, -0.2) is 39.1 Å². The summed E-state index contributed by atoms with van der Waals surface area (Å²) in [5.41, 5.74) is 2.40. The monoisotopic (exact) mass is 235 g/mol. The molecule has 0 aliphatic carbocycles. The lowest BCUT2D eigenvalue weighted by Crippen LogP contribution is -2.27. The molecule has 0 radical (unpaired) electrons. The zero-order chi connectivity index (χ0) is 11.7. The molecule has 0 spiro atoms. The van der Waals surface area contributed by atoms with Crippen molar-refractivity contribution in [2.45, 2.75) is 18.6 Å². The maximum atomic E-state index is 5.44. The highest BCUT2D eigenvalue weighted by molar-refractivity contribution is 5.52. The molecule has 1 aromatic rings. The van der Waals surface area contributed by atoms with Gasteiger partial charge in [0.25, 0.3) is 0 Å². The van der Waals surface area contributed by atoms with Gasteiger partial charge >= 0.3 is 0 Å². The van der Waals surface area contributed by atoms with Crippen molar-refractivity contribution in [3.8, 4) is 0 Å². The van der Waals surface area contributed by atoms with Crippen LogP contribution in [-0.2, 0) is 20.7 Å². The standard InChI is InChI=1S/C13H17NO3/c1-15-14(7-12-9-17-12)13-5-3-2-4-10(13)6-11-8-16-11/h2-5,11-12H,6-9H2,1H3. The number of hydrogen-bond donors (Lipinski definition) is 0. The van der Waals surface area contributed by atoms with Gasteiger partial charge in [-0.15, -0.1) is 0 Å². The predicted octanol–water partition coefficient (Wildman–Crippen LogP) is 1.39. The lowest BCUT2D eigenvalue weighted by Gasteiger charge is -2.23. The van der Waals surface area contributed by atoms with Gasteiger partial charge in [0.1, 0.15) is 6.10 Å². The van der Waals surface area contributed by atoms with Gasteiger partial charge in [-0.05, 0) is 11.6 Å². The van der Waals surface area contributed by atoms with Gasteiger partial charge in [-0.2, -0.15) is 0 Å². The first-order chi connectivity index (χ1) is 8.36. The quantitative estimate of drug-likeness (QED) is 0.551. The molecule has 2 aliphatic rings. The van der Waals surface area contributed by atoms with E-state index in [1.54, 1.807) is 7.11 Å². The fraction of sp³-hybridized carbons (Fsp3) is 0.538. The Kier molecular flexibility index (Phi) is 3.01. The van der Waals surface area contributed by atoms with Gasteiger partial charge in [-0.25, -0.2) is 0 Å². The molecule has 2 atom stereocenters. The van der Waals surface area contributed by atoms with Crippen LogP contribution in [0.4, 0.5) is 5.69 Å². The molecule has 2 heterocycles. The molecule has 2 aliphatic heterocycles. The highest BCUT2D eigenvalue weighted by atomic mass is 16.7. The maximum Gasteiger partial charge on any atom is 0.101 e. The van der Waals surface area contributed by atoms with Gasteiger partial charge in [-0.3, -0.25) is 9.90 Å². The Morgan fingerprint density at radius 1 is 1.24 bits per heavy atom. The minimum absolute atomic E-state index is 0.320. The molecule has 92 valence electrons. The number of hydrogen-bond acceptors (Lipinski definition) is 4. The summed E-state index contributed by atoms with van der Waals surface area (Å²) in [6.07, 6.45) is 1.67. The third kappa shape index (κ3) is 2.77. The lowest BCUT2D eigenvalue weighted by atomic mass is 10.1. The SMILES string of the molecule is CON(CC1CO1)c1ccccc1CC1CO1. The molecule has 0 saturated carbocycles. The molecule has 3 rings (SSSR count). The summed E-state index contributed by atoms with van der Waals surface area (Å²) in [5.74, 6) is 0. The summed E-state index contributed by atoms with van der Waals surface area (Å²) in [6.45, 7) is 2.51. The van der Waals surface area contributed by atoms with Crippen molar-refractivity contribution in [1.82, 2.24) is 0 Å². The van der Waals surface area contributed by atoms with Gasteiger partial charge in [0.05, 0.1) is 38.7 Å². The van der Waals surface area contributed by atoms with Crippen LogP contribution in [0.5, 0.6) is 0 Å². The minimum Gasteiger partial charge on any atom is -0.373 e. The highest BCUT2D eigenvalue weighted by Gasteiger charge is 2.28. The first-order valence-electron chi connectivity index (χ1n) is 5.99. The summed E-state index contributed by atoms with van der Waals surface area (Å²) in [7, 11) is 1.70. The summed E-state index contributed by atoms with van der Waals surface area (Å²) in [5, 5.41) is 1.91. The van der Waals surface area contributed by atoms with Crippen LogP contribution in [0.1, 0.15) is 5.56 Å². The molecule has 17 heavy (non-hydrogen) atoms. The van der Waals surface area contributed by atoms with Crippen LogP contribution in [0.2, 0.25) is 0 Å². The summed E-state index contributed by atoms with van der Waals surface area (Å²) in [6, 6.07) is 8.31. The molecule has 0 bridgehead atoms. The number of epoxide rings is 2. The molecule has 2 saturated heterocycles. The van der Waals surface area contributed by atoms with Crippen molar-refractivity contribution in [2.24, 2.45) is 0 Å². The lowest BCUT2D eigenvalue weighted by molar-refractivity contribution is 0.159. The second-order valence-electron chi connectivity index (χ2n) is 4.49. The normalized spacial score (nSPS) is 25.7. The molecular formula is C13H17NO3. The first kappa shape index (κ1) is 11.0. The maximum absolute atomic E-state index is 5.44. The largest absolute Gasteiger partial charge is 0.373 e. The summed E-state index contributed by atoms with van der Waals surface area (Å²) < 4.78 is 10.5. The predicted molar refractivity (Wildman–Crippen MR) is 64.0 cm³/mol. The molecule has 2 fully saturated rings. The van der Waals surface area contributed by atoms with E-state index in [2.05, 4.69) is 18.2 Å². The number of para-hydroxylation sites is 1. The highest BCUT2D eigenvalue weighted by Crippen LogP contribution is 2.27. The number of ether oxygens (including phenoxy) is 2. The molecule has 4 nitrogen and oxygen atoms in total. The van der Waals surface area contributed by atoms with Crippen LogP contribution >= 0.6 is 0 Å². The van der Waals surface area contributed by atoms with Crippen LogP contribution in [0.15, 0.2) is 24.3 Å². The van der Waals surface area contributed by atoms with Crippen molar-refractivity contribution in [3.05, 3.63) is 29.8 Å². The Balaban J connectivity index is 1.77. The van der Waals surface area contributed by atoms with E-state index in [0.29, 0.717) is 12.2 Å². The molecule has 0 N–H and O–H groups in total. The second kappa shape index (κ2) is 4.64. The number of hydroxylamine groups is 1. The van der Waals surface area contributed by atoms with Crippen molar-refractivity contribution in [2.75, 3.05) is 31.9 Å². The molecule has 4 heteroatoms. The van der Waals surface area contributed by atoms with Gasteiger partial charge in [-0.1, -0.05) is 18.2 Å². The van der Waals surface area contributed by atoms with E-state index in [9.17, 15) is 0 Å². The Morgan fingerprint density at radius 2 is 1.94 bits per heavy atom. The zero-order valence-electron chi connectivity index (χ0n) is 9.96. The number of anilines is 1. The molecule has 0 aromatic heterocycles. The van der Waals surface area contributed by atoms with Crippen LogP contribution in [0, 0.1) is 0 Å². The second-order valence-corrected chi connectivity index (χ2v) is 4.49. The number of nitrogens with zero attached hydrogens (tertiary/aromatic N) is 1. The van der Waals surface area contributed by atoms with E-state index in [1.807, 2.05) is 11.1 Å². The van der Waals surface area contributed by atoms with E-state index in [0.717, 1.165) is 31.9 Å². The number of benzene rings is 1. The van der Waals surface area contributed by atoms with Crippen LogP contribution < -0.4 is 5.06 Å². The van der Waals surface area contributed by atoms with Gasteiger partial charge < -0.3 is 9.47 Å². The van der Waals surface area contributed by atoms with E-state index >= 15 is 0 Å². The van der Waals surface area contributed by atoms with Gasteiger partial charge in [0, 0.05) is 6.42 Å². The van der Waals surface area contributed by atoms with Crippen LogP contribution in [0.3, 0.4) is 0 Å². The average molecular weight is 235 g/mol. The third-order valence-corrected chi connectivity index (χ3v) is 3.10. The van der Waals surface area contributed by atoms with Gasteiger partial charge in [0.15, 0.2) is 0 Å². The molecule has 0 amide bonds. The van der Waals surface area contributed by atoms with Crippen molar-refractivity contribution in [3.63, 3.8) is 0 Å². The van der Waals surface area contributed by atoms with E-state index in [1.165, 1.54) is 5.56 Å². The Bertz CT molecular complexity index is 388. The fourth-order valence-corrected chi connectivity index (χ4v) is 1.99. The van der Waals surface area contributed by atoms with Crippen molar-refractivity contribution >= 4 is 5.69 Å². The van der Waals surface area contributed by atoms with E-state index in [-0.39, 0.29) is 0 Å². The van der Waals surface area contributed by atoms with Gasteiger partial charge in [0.2, 0.25) is 0 Å². The molecule has 1 aromatic carbocycles. The first-order valence-corrected chi connectivity index (χ1v) is 5.99. The van der Waals surface area contributed by atoms with Crippen molar-refractivity contribution < 1.29 is 14.3 Å². The smallest absolute Gasteiger partial charge is 0.101 e. The number of rotatable bonds is 6. The van der Waals surface area contributed by atoms with E-state index < -0.39 is 0 Å². The summed E-state index contributed by atoms with van der Waals surface area (Å²) >= 11 is 0. The average Bonchev–Trinajstić information content (AvgIpc) is 3.22. The fourth-order valence-electron chi connectivity index (χ4n) is 1.99. The van der Waals surface area contributed by atoms with E-state index in [4.69, 9.17) is 14.3 Å². The topological polar surface area (TPSA) is 37.5 Å². The minimum atomic E-state index is 0.320.